The topological polar surface area (TPSA) is 65.8 Å². The third kappa shape index (κ3) is 3.31. The van der Waals surface area contributed by atoms with Crippen molar-refractivity contribution in [1.82, 2.24) is 14.5 Å². The molecule has 0 aromatic carbocycles. The van der Waals surface area contributed by atoms with E-state index in [4.69, 9.17) is 4.42 Å². The molecule has 120 valence electrons. The quantitative estimate of drug-likeness (QED) is 0.896. The molecule has 0 radical (unpaired) electrons. The van der Waals surface area contributed by atoms with Gasteiger partial charge in [0.2, 0.25) is 10.0 Å². The fourth-order valence-electron chi connectivity index (χ4n) is 2.82. The van der Waals surface area contributed by atoms with Crippen molar-refractivity contribution in [2.75, 3.05) is 40.3 Å². The minimum atomic E-state index is -3.50. The van der Waals surface area contributed by atoms with Gasteiger partial charge in [0.25, 0.3) is 0 Å². The zero-order valence-electron chi connectivity index (χ0n) is 13.3. The summed E-state index contributed by atoms with van der Waals surface area (Å²) in [6.45, 7) is 6.81. The van der Waals surface area contributed by atoms with Crippen LogP contribution in [-0.2, 0) is 16.6 Å². The molecule has 21 heavy (non-hydrogen) atoms. The van der Waals surface area contributed by atoms with Crippen molar-refractivity contribution in [1.29, 1.82) is 0 Å². The van der Waals surface area contributed by atoms with Crippen molar-refractivity contribution >= 4 is 10.0 Å². The number of hydrogen-bond donors (Lipinski definition) is 1. The van der Waals surface area contributed by atoms with E-state index in [2.05, 4.69) is 10.2 Å². The van der Waals surface area contributed by atoms with Gasteiger partial charge in [-0.15, -0.1) is 0 Å². The highest BCUT2D eigenvalue weighted by Gasteiger charge is 2.32. The van der Waals surface area contributed by atoms with Crippen LogP contribution in [-0.4, -0.2) is 57.9 Å². The standard InChI is InChI=1S/C14H25N3O3S/c1-11-13(10-15-3)14(12(2)20-11)21(18,19)17-7-5-6-16(4)8-9-17/h15H,5-10H2,1-4H3. The largest absolute Gasteiger partial charge is 0.465 e. The molecule has 1 aromatic heterocycles. The van der Waals surface area contributed by atoms with Crippen LogP contribution >= 0.6 is 0 Å². The van der Waals surface area contributed by atoms with Gasteiger partial charge in [0, 0.05) is 31.7 Å². The fraction of sp³-hybridized carbons (Fsp3) is 0.714. The Morgan fingerprint density at radius 3 is 2.52 bits per heavy atom. The molecular formula is C14H25N3O3S. The van der Waals surface area contributed by atoms with Crippen LogP contribution in [0.4, 0.5) is 0 Å². The molecule has 1 aromatic rings. The van der Waals surface area contributed by atoms with E-state index in [1.54, 1.807) is 18.3 Å². The highest BCUT2D eigenvalue weighted by Crippen LogP contribution is 2.29. The summed E-state index contributed by atoms with van der Waals surface area (Å²) in [5.74, 6) is 1.16. The lowest BCUT2D eigenvalue weighted by molar-refractivity contribution is 0.347. The van der Waals surface area contributed by atoms with Gasteiger partial charge < -0.3 is 14.6 Å². The molecule has 1 N–H and O–H groups in total. The highest BCUT2D eigenvalue weighted by atomic mass is 32.2. The summed E-state index contributed by atoms with van der Waals surface area (Å²) in [5, 5.41) is 3.02. The van der Waals surface area contributed by atoms with Gasteiger partial charge in [-0.1, -0.05) is 0 Å². The van der Waals surface area contributed by atoms with Crippen LogP contribution in [0, 0.1) is 13.8 Å². The Morgan fingerprint density at radius 1 is 1.14 bits per heavy atom. The molecule has 0 aliphatic carbocycles. The summed E-state index contributed by atoms with van der Waals surface area (Å²) in [6, 6.07) is 0. The summed E-state index contributed by atoms with van der Waals surface area (Å²) in [4.78, 5) is 2.51. The first-order valence-electron chi connectivity index (χ1n) is 7.30. The number of aryl methyl sites for hydroxylation is 2. The van der Waals surface area contributed by atoms with Crippen molar-refractivity contribution in [2.45, 2.75) is 31.7 Å². The summed E-state index contributed by atoms with van der Waals surface area (Å²) in [6.07, 6.45) is 0.854. The number of sulfonamides is 1. The molecule has 6 nitrogen and oxygen atoms in total. The maximum Gasteiger partial charge on any atom is 0.246 e. The minimum absolute atomic E-state index is 0.346. The van der Waals surface area contributed by atoms with Crippen LogP contribution in [0.5, 0.6) is 0 Å². The first-order chi connectivity index (χ1) is 9.87. The number of nitrogens with zero attached hydrogens (tertiary/aromatic N) is 2. The Kier molecular flexibility index (Phi) is 5.08. The first kappa shape index (κ1) is 16.5. The third-order valence-corrected chi connectivity index (χ3v) is 6.05. The Morgan fingerprint density at radius 2 is 1.86 bits per heavy atom. The third-order valence-electron chi connectivity index (χ3n) is 3.95. The molecule has 2 rings (SSSR count). The monoisotopic (exact) mass is 315 g/mol. The molecule has 1 saturated heterocycles. The van der Waals surface area contributed by atoms with Gasteiger partial charge in [-0.05, 0) is 40.9 Å². The highest BCUT2D eigenvalue weighted by molar-refractivity contribution is 7.89. The van der Waals surface area contributed by atoms with Gasteiger partial charge in [-0.2, -0.15) is 4.31 Å². The van der Waals surface area contributed by atoms with Crippen LogP contribution in [0.2, 0.25) is 0 Å². The van der Waals surface area contributed by atoms with Gasteiger partial charge in [-0.3, -0.25) is 0 Å². The average molecular weight is 315 g/mol. The van der Waals surface area contributed by atoms with E-state index >= 15 is 0 Å². The lowest BCUT2D eigenvalue weighted by Gasteiger charge is -2.20. The van der Waals surface area contributed by atoms with E-state index in [0.717, 1.165) is 25.1 Å². The molecule has 2 heterocycles. The van der Waals surface area contributed by atoms with Crippen molar-refractivity contribution in [2.24, 2.45) is 0 Å². The van der Waals surface area contributed by atoms with Gasteiger partial charge in [0.15, 0.2) is 0 Å². The van der Waals surface area contributed by atoms with Gasteiger partial charge in [0.05, 0.1) is 0 Å². The molecule has 0 unspecified atom stereocenters. The predicted molar refractivity (Wildman–Crippen MR) is 81.8 cm³/mol. The van der Waals surface area contributed by atoms with Gasteiger partial charge in [-0.25, -0.2) is 8.42 Å². The second-order valence-electron chi connectivity index (χ2n) is 5.61. The summed E-state index contributed by atoms with van der Waals surface area (Å²) >= 11 is 0. The second-order valence-corrected chi connectivity index (χ2v) is 7.49. The van der Waals surface area contributed by atoms with E-state index in [1.807, 2.05) is 14.0 Å². The number of likely N-dealkylation sites (N-methyl/N-ethyl adjacent to an activating group) is 1. The lowest BCUT2D eigenvalue weighted by Crippen LogP contribution is -2.35. The molecule has 0 atom stereocenters. The van der Waals surface area contributed by atoms with Crippen molar-refractivity contribution in [3.05, 3.63) is 17.1 Å². The number of nitrogens with one attached hydrogen (secondary N) is 1. The van der Waals surface area contributed by atoms with Crippen molar-refractivity contribution in [3.63, 3.8) is 0 Å². The molecule has 7 heteroatoms. The molecule has 1 aliphatic heterocycles. The molecule has 0 spiro atoms. The van der Waals surface area contributed by atoms with Crippen LogP contribution in [0.25, 0.3) is 0 Å². The molecule has 1 fully saturated rings. The SMILES string of the molecule is CNCc1c(C)oc(C)c1S(=O)(=O)N1CCCN(C)CC1. The zero-order valence-corrected chi connectivity index (χ0v) is 14.1. The Labute approximate surface area is 127 Å². The Balaban J connectivity index is 2.39. The van der Waals surface area contributed by atoms with E-state index in [9.17, 15) is 8.42 Å². The number of hydrogen-bond acceptors (Lipinski definition) is 5. The Hall–Kier alpha value is -0.890. The van der Waals surface area contributed by atoms with E-state index in [1.165, 1.54) is 0 Å². The smallest absolute Gasteiger partial charge is 0.246 e. The van der Waals surface area contributed by atoms with E-state index < -0.39 is 10.0 Å². The molecule has 0 saturated carbocycles. The van der Waals surface area contributed by atoms with Gasteiger partial charge >= 0.3 is 0 Å². The molecule has 1 aliphatic rings. The first-order valence-corrected chi connectivity index (χ1v) is 8.74. The lowest BCUT2D eigenvalue weighted by atomic mass is 10.2. The fourth-order valence-corrected chi connectivity index (χ4v) is 4.70. The number of furan rings is 1. The maximum absolute atomic E-state index is 13.0. The molecular weight excluding hydrogens is 290 g/mol. The predicted octanol–water partition coefficient (Wildman–Crippen LogP) is 0.942. The average Bonchev–Trinajstić information content (AvgIpc) is 2.58. The van der Waals surface area contributed by atoms with Crippen molar-refractivity contribution in [3.8, 4) is 0 Å². The van der Waals surface area contributed by atoms with E-state index in [0.29, 0.717) is 36.1 Å². The van der Waals surface area contributed by atoms with Crippen LogP contribution in [0.1, 0.15) is 23.5 Å². The van der Waals surface area contributed by atoms with E-state index in [-0.39, 0.29) is 0 Å². The normalized spacial score (nSPS) is 18.9. The van der Waals surface area contributed by atoms with Crippen LogP contribution in [0.3, 0.4) is 0 Å². The molecule has 0 amide bonds. The van der Waals surface area contributed by atoms with Crippen LogP contribution in [0.15, 0.2) is 9.31 Å². The van der Waals surface area contributed by atoms with Crippen molar-refractivity contribution < 1.29 is 12.8 Å². The van der Waals surface area contributed by atoms with Gasteiger partial charge in [0.1, 0.15) is 16.4 Å². The number of rotatable bonds is 4. The summed E-state index contributed by atoms with van der Waals surface area (Å²) in [5.41, 5.74) is 0.743. The molecule has 0 bridgehead atoms. The summed E-state index contributed by atoms with van der Waals surface area (Å²) in [7, 11) is 0.330. The Bertz CT molecular complexity index is 595. The zero-order chi connectivity index (χ0) is 15.6. The maximum atomic E-state index is 13.0. The minimum Gasteiger partial charge on any atom is -0.465 e. The summed E-state index contributed by atoms with van der Waals surface area (Å²) < 4.78 is 33.2. The van der Waals surface area contributed by atoms with Crippen LogP contribution < -0.4 is 5.32 Å². The second kappa shape index (κ2) is 6.48.